The molecule has 3 bridgehead atoms. The third kappa shape index (κ3) is 11.5. The number of amides is 1. The molecule has 5 aliphatic rings. The lowest BCUT2D eigenvalue weighted by atomic mass is 9.44. The van der Waals surface area contributed by atoms with E-state index in [1.807, 2.05) is 71.1 Å². The summed E-state index contributed by atoms with van der Waals surface area (Å²) in [7, 11) is -8.18. The highest BCUT2D eigenvalue weighted by atomic mass is 32.2. The maximum atomic E-state index is 17.1. The number of carbonyl (C=O) groups is 5. The van der Waals surface area contributed by atoms with E-state index in [0.717, 1.165) is 18.1 Å². The molecule has 1 aromatic rings. The molecule has 0 spiro atoms. The van der Waals surface area contributed by atoms with Crippen LogP contribution in [0.3, 0.4) is 0 Å². The molecule has 2 saturated heterocycles. The summed E-state index contributed by atoms with van der Waals surface area (Å²) in [5.41, 5.74) is -5.03. The van der Waals surface area contributed by atoms with E-state index in [1.54, 1.807) is 11.8 Å². The van der Waals surface area contributed by atoms with Crippen LogP contribution in [0.4, 0.5) is 0 Å². The van der Waals surface area contributed by atoms with Crippen LogP contribution in [0.25, 0.3) is 0 Å². The minimum atomic E-state index is -2.84. The SMILES string of the molecule is CC[Si](CC)(CC)O[C@H]1C(=O)[C@]2(C)[C@@H](O[Si](CC)(CC)CC)C[C@H]3OC[C@@]3(OC(C)=O)[C@H]2[C@@H]2OC(=O)CCCSCCCC(=O)N[C@@H](c3ccccc3)[C@@H](O[Si](C)(C)C(C)(C)C)C(=O)O[C@H]3C[C@]2(O)C(C)(C)C1=C3C. The largest absolute Gasteiger partial charge is 0.459 e. The topological polar surface area (TPSA) is 182 Å². The lowest BCUT2D eigenvalue weighted by molar-refractivity contribution is -0.346. The molecule has 2 aliphatic heterocycles. The molecule has 18 heteroatoms. The number of ether oxygens (including phenoxy) is 4. The predicted molar refractivity (Wildman–Crippen MR) is 301 cm³/mol. The van der Waals surface area contributed by atoms with Crippen LogP contribution in [0.2, 0.25) is 54.4 Å². The van der Waals surface area contributed by atoms with Crippen molar-refractivity contribution in [3.05, 3.63) is 47.0 Å². The fraction of sp³-hybridized carbons (Fsp3) is 0.772. The van der Waals surface area contributed by atoms with Crippen LogP contribution in [-0.2, 0) is 56.2 Å². The Kier molecular flexibility index (Phi) is 19.3. The van der Waals surface area contributed by atoms with Crippen LogP contribution in [-0.4, -0.2) is 126 Å². The third-order valence-electron chi connectivity index (χ3n) is 19.4. The van der Waals surface area contributed by atoms with Gasteiger partial charge in [0.2, 0.25) is 5.91 Å². The molecular weight excluding hydrogens is 1020 g/mol. The van der Waals surface area contributed by atoms with E-state index in [0.29, 0.717) is 59.2 Å². The van der Waals surface area contributed by atoms with Crippen molar-refractivity contribution in [2.75, 3.05) is 18.1 Å². The summed E-state index contributed by atoms with van der Waals surface area (Å²) < 4.78 is 49.2. The van der Waals surface area contributed by atoms with Gasteiger partial charge in [0.25, 0.3) is 0 Å². The Bertz CT molecular complexity index is 2250. The molecule has 2 saturated carbocycles. The Labute approximate surface area is 456 Å². The highest BCUT2D eigenvalue weighted by Gasteiger charge is 2.79. The maximum Gasteiger partial charge on any atom is 0.337 e. The Hall–Kier alpha value is -2.69. The van der Waals surface area contributed by atoms with E-state index in [9.17, 15) is 19.5 Å². The van der Waals surface area contributed by atoms with Crippen molar-refractivity contribution in [3.8, 4) is 0 Å². The van der Waals surface area contributed by atoms with E-state index in [2.05, 4.69) is 67.6 Å². The first-order valence-corrected chi connectivity index (χ1v) is 37.3. The number of hydrogen-bond donors (Lipinski definition) is 2. The predicted octanol–water partition coefficient (Wildman–Crippen LogP) is 10.9. The lowest BCUT2D eigenvalue weighted by Crippen LogP contribution is -2.82. The van der Waals surface area contributed by atoms with Crippen molar-refractivity contribution in [2.45, 2.75) is 244 Å². The van der Waals surface area contributed by atoms with Gasteiger partial charge in [0, 0.05) is 38.0 Å². The average Bonchev–Trinajstić information content (AvgIpc) is 3.35. The number of rotatable bonds is 14. The number of Topliss-reactive ketones (excluding diaryl/α,β-unsaturated/α-hetero) is 1. The van der Waals surface area contributed by atoms with Gasteiger partial charge in [-0.15, -0.1) is 0 Å². The molecule has 0 unspecified atom stereocenters. The Morgan fingerprint density at radius 2 is 1.41 bits per heavy atom. The van der Waals surface area contributed by atoms with Gasteiger partial charge >= 0.3 is 17.9 Å². The van der Waals surface area contributed by atoms with Gasteiger partial charge in [0.15, 0.2) is 42.4 Å². The summed E-state index contributed by atoms with van der Waals surface area (Å²) in [6, 6.07) is 12.8. The monoisotopic (exact) mass is 1120 g/mol. The molecule has 14 nitrogen and oxygen atoms in total. The van der Waals surface area contributed by atoms with Gasteiger partial charge in [-0.25, -0.2) is 4.79 Å². The molecule has 2 N–H and O–H groups in total. The zero-order chi connectivity index (χ0) is 55.7. The van der Waals surface area contributed by atoms with Crippen LogP contribution < -0.4 is 5.32 Å². The number of carbonyl (C=O) groups excluding carboxylic acids is 5. The summed E-state index contributed by atoms with van der Waals surface area (Å²) in [5.74, 6) is -2.50. The van der Waals surface area contributed by atoms with Crippen molar-refractivity contribution < 1.29 is 61.3 Å². The number of esters is 3. The first-order valence-electron chi connectivity index (χ1n) is 28.2. The number of aliphatic hydroxyl groups is 1. The standard InChI is InChI=1S/C57H93NO13SSi3/c1-17-74(18-2,19-3)69-41-34-42-56(36-65-42,68-38(8)59)49-51-57(64)35-40(37(7)45(54(57,12)13)47(50(62)55(41,49)14)71-75(20-4,21-5)22-6)66-52(63)48(70-73(15,16)53(9,10)11)46(39-28-24-23-25-29-39)58-43(60)30-26-32-72-33-27-31-44(61)67-51/h23-25,28-29,40-42,46-49,51,64H,17-22,26-27,30-36H2,1-16H3,(H,58,60)/t40-,41-,42+,46-,47+,48+,49-,51-,55+,56-,57+/m0/s1. The number of thioether (sulfide) groups is 1. The van der Waals surface area contributed by atoms with Crippen molar-refractivity contribution in [1.82, 2.24) is 5.32 Å². The van der Waals surface area contributed by atoms with E-state index >= 15 is 9.59 Å². The molecule has 1 aromatic carbocycles. The number of benzene rings is 1. The smallest absolute Gasteiger partial charge is 0.337 e. The Morgan fingerprint density at radius 3 is 1.95 bits per heavy atom. The van der Waals surface area contributed by atoms with E-state index in [-0.39, 0.29) is 49.0 Å². The molecule has 11 atom stereocenters. The van der Waals surface area contributed by atoms with Crippen LogP contribution in [0.15, 0.2) is 41.5 Å². The minimum Gasteiger partial charge on any atom is -0.459 e. The van der Waals surface area contributed by atoms with Crippen molar-refractivity contribution >= 4 is 66.3 Å². The molecule has 3 aliphatic carbocycles. The Balaban J connectivity index is 1.72. The zero-order valence-corrected chi connectivity index (χ0v) is 52.2. The number of hydrogen-bond acceptors (Lipinski definition) is 14. The summed E-state index contributed by atoms with van der Waals surface area (Å²) >= 11 is 1.62. The molecule has 0 radical (unpaired) electrons. The van der Waals surface area contributed by atoms with Gasteiger partial charge in [0.05, 0.1) is 30.1 Å². The fourth-order valence-electron chi connectivity index (χ4n) is 12.9. The first kappa shape index (κ1) is 61.5. The molecule has 0 aromatic heterocycles. The highest BCUT2D eigenvalue weighted by Crippen LogP contribution is 2.65. The van der Waals surface area contributed by atoms with Crippen LogP contribution in [0.5, 0.6) is 0 Å². The van der Waals surface area contributed by atoms with Gasteiger partial charge in [-0.2, -0.15) is 11.8 Å². The Morgan fingerprint density at radius 1 is 0.840 bits per heavy atom. The number of fused-ring (bicyclic) bond motifs is 6. The van der Waals surface area contributed by atoms with E-state index in [1.165, 1.54) is 6.92 Å². The van der Waals surface area contributed by atoms with Crippen molar-refractivity contribution in [2.24, 2.45) is 16.7 Å². The summed E-state index contributed by atoms with van der Waals surface area (Å²) in [5, 5.41) is 17.4. The molecule has 6 rings (SSSR count). The second-order valence-electron chi connectivity index (χ2n) is 24.6. The van der Waals surface area contributed by atoms with Gasteiger partial charge in [-0.05, 0) is 109 Å². The summed E-state index contributed by atoms with van der Waals surface area (Å²) in [6.45, 7) is 31.7. The second-order valence-corrected chi connectivity index (χ2v) is 40.0. The fourth-order valence-corrected chi connectivity index (χ4v) is 20.7. The van der Waals surface area contributed by atoms with Gasteiger partial charge < -0.3 is 42.6 Å². The van der Waals surface area contributed by atoms with Crippen LogP contribution in [0, 0.1) is 16.7 Å². The lowest BCUT2D eigenvalue weighted by Gasteiger charge is -2.68. The molecular formula is C57H93NO13SSi3. The zero-order valence-electron chi connectivity index (χ0n) is 48.4. The minimum absolute atomic E-state index is 0.00938. The average molecular weight is 1120 g/mol. The van der Waals surface area contributed by atoms with Gasteiger partial charge in [-0.3, -0.25) is 19.2 Å². The first-order chi connectivity index (χ1) is 35.1. The molecule has 1 amide bonds. The van der Waals surface area contributed by atoms with Gasteiger partial charge in [0.1, 0.15) is 30.0 Å². The normalized spacial score (nSPS) is 33.5. The summed E-state index contributed by atoms with van der Waals surface area (Å²) in [4.78, 5) is 75.5. The van der Waals surface area contributed by atoms with E-state index < -0.39 is 113 Å². The number of nitrogens with one attached hydrogen (secondary N) is 1. The molecule has 2 heterocycles. The maximum absolute atomic E-state index is 17.1. The quantitative estimate of drug-likeness (QED) is 0.0777. The van der Waals surface area contributed by atoms with Crippen LogP contribution in [0.1, 0.15) is 147 Å². The molecule has 4 fully saturated rings. The molecule has 75 heavy (non-hydrogen) atoms. The van der Waals surface area contributed by atoms with Crippen molar-refractivity contribution in [1.29, 1.82) is 0 Å². The van der Waals surface area contributed by atoms with E-state index in [4.69, 9.17) is 32.2 Å². The number of ketones is 1. The summed E-state index contributed by atoms with van der Waals surface area (Å²) in [6.07, 6.45) is -5.83. The van der Waals surface area contributed by atoms with Crippen molar-refractivity contribution in [3.63, 3.8) is 0 Å². The third-order valence-corrected chi connectivity index (χ3v) is 34.2. The van der Waals surface area contributed by atoms with Crippen LogP contribution >= 0.6 is 11.8 Å². The second kappa shape index (κ2) is 23.6. The molecule has 422 valence electrons. The van der Waals surface area contributed by atoms with Gasteiger partial charge in [-0.1, -0.05) is 106 Å². The highest BCUT2D eigenvalue weighted by molar-refractivity contribution is 7.99.